The number of thiazole rings is 1. The monoisotopic (exact) mass is 370 g/mol. The summed E-state index contributed by atoms with van der Waals surface area (Å²) in [4.78, 5) is 28.0. The number of carbonyl (C=O) groups is 1. The van der Waals surface area contributed by atoms with Crippen LogP contribution >= 0.6 is 11.3 Å². The van der Waals surface area contributed by atoms with E-state index in [1.807, 2.05) is 0 Å². The van der Waals surface area contributed by atoms with Crippen molar-refractivity contribution in [2.24, 2.45) is 0 Å². The Morgan fingerprint density at radius 2 is 2.08 bits per heavy atom. The van der Waals surface area contributed by atoms with Gasteiger partial charge in [-0.1, -0.05) is 6.07 Å². The van der Waals surface area contributed by atoms with Crippen LogP contribution in [0.4, 0.5) is 10.1 Å². The van der Waals surface area contributed by atoms with Crippen LogP contribution in [-0.4, -0.2) is 33.5 Å². The smallest absolute Gasteiger partial charge is 0.270 e. The maximum absolute atomic E-state index is 14.1. The molecule has 26 heavy (non-hydrogen) atoms. The fourth-order valence-electron chi connectivity index (χ4n) is 2.84. The van der Waals surface area contributed by atoms with Crippen molar-refractivity contribution in [1.82, 2.24) is 15.0 Å². The summed E-state index contributed by atoms with van der Waals surface area (Å²) in [6, 6.07) is 6.29. The first-order chi connectivity index (χ1) is 12.5. The molecule has 132 valence electrons. The molecule has 3 heterocycles. The third-order valence-electron chi connectivity index (χ3n) is 3.99. The number of nitrogens with zero attached hydrogens (tertiary/aromatic N) is 4. The molecule has 0 bridgehead atoms. The summed E-state index contributed by atoms with van der Waals surface area (Å²) in [7, 11) is 0. The van der Waals surface area contributed by atoms with Crippen molar-refractivity contribution >= 4 is 22.9 Å². The zero-order chi connectivity index (χ0) is 18.3. The number of rotatable bonds is 2. The second kappa shape index (κ2) is 6.45. The summed E-state index contributed by atoms with van der Waals surface area (Å²) in [5.74, 6) is -0.134. The van der Waals surface area contributed by atoms with E-state index in [-0.39, 0.29) is 17.8 Å². The lowest BCUT2D eigenvalue weighted by Crippen LogP contribution is -2.42. The van der Waals surface area contributed by atoms with Gasteiger partial charge in [0, 0.05) is 12.4 Å². The highest BCUT2D eigenvalue weighted by atomic mass is 32.1. The first-order valence-corrected chi connectivity index (χ1v) is 8.88. The summed E-state index contributed by atoms with van der Waals surface area (Å²) >= 11 is 1.23. The normalized spacial score (nSPS) is 16.1. The van der Waals surface area contributed by atoms with Crippen LogP contribution in [0, 0.1) is 12.7 Å². The molecule has 1 aliphatic heterocycles. The van der Waals surface area contributed by atoms with Crippen LogP contribution in [0.25, 0.3) is 10.8 Å². The molecule has 8 heteroatoms. The van der Waals surface area contributed by atoms with E-state index in [9.17, 15) is 9.18 Å². The molecule has 6 nitrogen and oxygen atoms in total. The summed E-state index contributed by atoms with van der Waals surface area (Å²) in [5, 5.41) is 0.576. The summed E-state index contributed by atoms with van der Waals surface area (Å²) < 4.78 is 19.7. The van der Waals surface area contributed by atoms with E-state index in [1.165, 1.54) is 17.4 Å². The first-order valence-electron chi connectivity index (χ1n) is 8.06. The lowest BCUT2D eigenvalue weighted by atomic mass is 10.1. The molecule has 0 aliphatic carbocycles. The Morgan fingerprint density at radius 3 is 2.85 bits per heavy atom. The van der Waals surface area contributed by atoms with Crippen molar-refractivity contribution in [2.45, 2.75) is 20.0 Å². The minimum atomic E-state index is -0.480. The van der Waals surface area contributed by atoms with Gasteiger partial charge in [0.25, 0.3) is 5.91 Å². The van der Waals surface area contributed by atoms with Crippen LogP contribution < -0.4 is 9.64 Å². The van der Waals surface area contributed by atoms with Gasteiger partial charge in [-0.3, -0.25) is 4.79 Å². The minimum Gasteiger partial charge on any atom is -0.484 e. The Morgan fingerprint density at radius 1 is 1.31 bits per heavy atom. The molecule has 1 atom stereocenters. The highest BCUT2D eigenvalue weighted by Crippen LogP contribution is 2.37. The average Bonchev–Trinajstić information content (AvgIpc) is 3.04. The van der Waals surface area contributed by atoms with Gasteiger partial charge in [0.05, 0.1) is 17.9 Å². The first kappa shape index (κ1) is 16.6. The number of ether oxygens (including phenoxy) is 1. The lowest BCUT2D eigenvalue weighted by Gasteiger charge is -2.33. The molecule has 0 saturated heterocycles. The number of benzene rings is 1. The van der Waals surface area contributed by atoms with E-state index >= 15 is 0 Å². The molecule has 1 aromatic carbocycles. The maximum Gasteiger partial charge on any atom is 0.270 e. The quantitative estimate of drug-likeness (QED) is 0.691. The molecule has 0 fully saturated rings. The van der Waals surface area contributed by atoms with Crippen molar-refractivity contribution in [3.05, 3.63) is 53.0 Å². The Hall–Kier alpha value is -2.87. The molecule has 1 aliphatic rings. The number of carbonyl (C=O) groups excluding carboxylic acids is 1. The SMILES string of the molecule is Cc1nc(-c2ncccn2)sc1C(=O)N1C[C@@H](C)Oc2c(F)cccc21. The van der Waals surface area contributed by atoms with Crippen molar-refractivity contribution in [2.75, 3.05) is 11.4 Å². The summed E-state index contributed by atoms with van der Waals surface area (Å²) in [5.41, 5.74) is 1.03. The van der Waals surface area contributed by atoms with Gasteiger partial charge in [0.1, 0.15) is 11.0 Å². The standard InChI is InChI=1S/C18H15FN4O2S/c1-10-9-23(13-6-3-5-12(19)14(13)25-10)18(24)15-11(2)22-17(26-15)16-20-7-4-8-21-16/h3-8,10H,9H2,1-2H3/t10-/m1/s1. The van der Waals surface area contributed by atoms with Gasteiger partial charge in [0.2, 0.25) is 0 Å². The molecule has 3 aromatic rings. The largest absolute Gasteiger partial charge is 0.484 e. The van der Waals surface area contributed by atoms with Crippen molar-refractivity contribution in [1.29, 1.82) is 0 Å². The van der Waals surface area contributed by atoms with Crippen molar-refractivity contribution < 1.29 is 13.9 Å². The Labute approximate surface area is 153 Å². The Bertz CT molecular complexity index is 977. The maximum atomic E-state index is 14.1. The van der Waals surface area contributed by atoms with Crippen LogP contribution in [0.1, 0.15) is 22.3 Å². The molecule has 1 amide bonds. The Kier molecular flexibility index (Phi) is 4.12. The van der Waals surface area contributed by atoms with E-state index in [2.05, 4.69) is 15.0 Å². The van der Waals surface area contributed by atoms with Gasteiger partial charge in [-0.2, -0.15) is 0 Å². The van der Waals surface area contributed by atoms with Crippen LogP contribution in [0.5, 0.6) is 5.75 Å². The fraction of sp³-hybridized carbons (Fsp3) is 0.222. The highest BCUT2D eigenvalue weighted by molar-refractivity contribution is 7.17. The second-order valence-electron chi connectivity index (χ2n) is 5.94. The lowest BCUT2D eigenvalue weighted by molar-refractivity contribution is 0.0962. The fourth-order valence-corrected chi connectivity index (χ4v) is 3.80. The van der Waals surface area contributed by atoms with Gasteiger partial charge in [0.15, 0.2) is 22.4 Å². The number of halogens is 1. The molecule has 2 aromatic heterocycles. The predicted molar refractivity (Wildman–Crippen MR) is 96.0 cm³/mol. The number of aryl methyl sites for hydroxylation is 1. The van der Waals surface area contributed by atoms with E-state index in [0.717, 1.165) is 0 Å². The van der Waals surface area contributed by atoms with E-state index in [0.29, 0.717) is 33.6 Å². The van der Waals surface area contributed by atoms with E-state index < -0.39 is 5.82 Å². The van der Waals surface area contributed by atoms with E-state index in [4.69, 9.17) is 4.74 Å². The minimum absolute atomic E-state index is 0.105. The number of anilines is 1. The topological polar surface area (TPSA) is 68.2 Å². The van der Waals surface area contributed by atoms with Gasteiger partial charge < -0.3 is 9.64 Å². The molecular formula is C18H15FN4O2S. The molecule has 0 spiro atoms. The summed E-state index contributed by atoms with van der Waals surface area (Å²) in [6.45, 7) is 3.91. The third kappa shape index (κ3) is 2.82. The zero-order valence-corrected chi connectivity index (χ0v) is 15.0. The Balaban J connectivity index is 1.73. The van der Waals surface area contributed by atoms with Gasteiger partial charge >= 0.3 is 0 Å². The molecule has 0 saturated carbocycles. The molecule has 0 unspecified atom stereocenters. The number of aromatic nitrogens is 3. The second-order valence-corrected chi connectivity index (χ2v) is 6.94. The number of para-hydroxylation sites is 1. The van der Waals surface area contributed by atoms with Gasteiger partial charge in [-0.05, 0) is 32.0 Å². The van der Waals surface area contributed by atoms with Crippen LogP contribution in [0.15, 0.2) is 36.7 Å². The van der Waals surface area contributed by atoms with Crippen LogP contribution in [0.2, 0.25) is 0 Å². The van der Waals surface area contributed by atoms with Gasteiger partial charge in [-0.15, -0.1) is 11.3 Å². The average molecular weight is 370 g/mol. The van der Waals surface area contributed by atoms with Crippen LogP contribution in [-0.2, 0) is 0 Å². The number of hydrogen-bond donors (Lipinski definition) is 0. The number of hydrogen-bond acceptors (Lipinski definition) is 6. The van der Waals surface area contributed by atoms with E-state index in [1.54, 1.807) is 49.3 Å². The molecule has 4 rings (SSSR count). The zero-order valence-electron chi connectivity index (χ0n) is 14.1. The third-order valence-corrected chi connectivity index (χ3v) is 5.13. The molecular weight excluding hydrogens is 355 g/mol. The summed E-state index contributed by atoms with van der Waals surface area (Å²) in [6.07, 6.45) is 2.94. The van der Waals surface area contributed by atoms with Crippen LogP contribution in [0.3, 0.4) is 0 Å². The number of fused-ring (bicyclic) bond motifs is 1. The molecule has 0 N–H and O–H groups in total. The molecule has 0 radical (unpaired) electrons. The predicted octanol–water partition coefficient (Wildman–Crippen LogP) is 3.48. The van der Waals surface area contributed by atoms with Crippen molar-refractivity contribution in [3.63, 3.8) is 0 Å². The highest BCUT2D eigenvalue weighted by Gasteiger charge is 2.32. The number of amides is 1. The van der Waals surface area contributed by atoms with Gasteiger partial charge in [-0.25, -0.2) is 19.3 Å². The van der Waals surface area contributed by atoms with Crippen molar-refractivity contribution in [3.8, 4) is 16.6 Å².